The van der Waals surface area contributed by atoms with Crippen molar-refractivity contribution >= 4 is 5.97 Å². The summed E-state index contributed by atoms with van der Waals surface area (Å²) in [6, 6.07) is 18.8. The second-order valence-corrected chi connectivity index (χ2v) is 6.13. The van der Waals surface area contributed by atoms with E-state index in [1.807, 2.05) is 6.07 Å². The molecule has 0 aromatic heterocycles. The molecule has 2 aromatic carbocycles. The third-order valence-corrected chi connectivity index (χ3v) is 4.41. The average Bonchev–Trinajstić information content (AvgIpc) is 2.67. The van der Waals surface area contributed by atoms with Crippen LogP contribution < -0.4 is 0 Å². The molecule has 0 saturated carbocycles. The van der Waals surface area contributed by atoms with Crippen LogP contribution >= 0.6 is 0 Å². The Kier molecular flexibility index (Phi) is 7.79. The topological polar surface area (TPSA) is 26.3 Å². The Bertz CT molecular complexity index is 705. The fourth-order valence-corrected chi connectivity index (χ4v) is 2.86. The third-order valence-electron chi connectivity index (χ3n) is 4.41. The number of methoxy groups -OCH3 is 1. The largest absolute Gasteiger partial charge is 0.469 e. The number of benzene rings is 2. The van der Waals surface area contributed by atoms with Crippen LogP contribution in [0.2, 0.25) is 0 Å². The van der Waals surface area contributed by atoms with Crippen LogP contribution in [0.15, 0.2) is 54.6 Å². The van der Waals surface area contributed by atoms with Crippen LogP contribution in [0, 0.1) is 11.8 Å². The van der Waals surface area contributed by atoms with Gasteiger partial charge in [0.2, 0.25) is 0 Å². The lowest BCUT2D eigenvalue weighted by Crippen LogP contribution is -2.04. The number of ether oxygens (including phenoxy) is 1. The van der Waals surface area contributed by atoms with Crippen molar-refractivity contribution in [1.82, 2.24) is 0 Å². The van der Waals surface area contributed by atoms with Gasteiger partial charge in [-0.25, -0.2) is 0 Å². The quantitative estimate of drug-likeness (QED) is 0.519. The second-order valence-electron chi connectivity index (χ2n) is 6.13. The summed E-state index contributed by atoms with van der Waals surface area (Å²) in [6.45, 7) is 2.15. The predicted octanol–water partition coefficient (Wildman–Crippen LogP) is 5.12. The van der Waals surface area contributed by atoms with E-state index < -0.39 is 0 Å². The zero-order chi connectivity index (χ0) is 17.9. The average molecular weight is 334 g/mol. The van der Waals surface area contributed by atoms with E-state index in [0.29, 0.717) is 12.3 Å². The van der Waals surface area contributed by atoms with E-state index in [0.717, 1.165) is 31.2 Å². The number of hydrogen-bond donors (Lipinski definition) is 0. The smallest absolute Gasteiger partial charge is 0.305 e. The van der Waals surface area contributed by atoms with Crippen molar-refractivity contribution in [3.63, 3.8) is 0 Å². The van der Waals surface area contributed by atoms with Gasteiger partial charge in [0.1, 0.15) is 0 Å². The molecule has 1 atom stereocenters. The van der Waals surface area contributed by atoms with Crippen molar-refractivity contribution in [2.24, 2.45) is 0 Å². The van der Waals surface area contributed by atoms with Gasteiger partial charge < -0.3 is 4.74 Å². The fraction of sp³-hybridized carbons (Fsp3) is 0.348. The highest BCUT2D eigenvalue weighted by Gasteiger charge is 2.11. The predicted molar refractivity (Wildman–Crippen MR) is 102 cm³/mol. The molecule has 2 heteroatoms. The van der Waals surface area contributed by atoms with Gasteiger partial charge in [-0.15, -0.1) is 0 Å². The maximum absolute atomic E-state index is 11.3. The van der Waals surface area contributed by atoms with E-state index >= 15 is 0 Å². The monoisotopic (exact) mass is 334 g/mol. The molecule has 0 saturated heterocycles. The molecule has 1 unspecified atom stereocenters. The van der Waals surface area contributed by atoms with Gasteiger partial charge in [0, 0.05) is 18.4 Å². The van der Waals surface area contributed by atoms with E-state index in [-0.39, 0.29) is 5.97 Å². The van der Waals surface area contributed by atoms with Gasteiger partial charge >= 0.3 is 5.97 Å². The molecule has 25 heavy (non-hydrogen) atoms. The molecule has 0 aliphatic rings. The van der Waals surface area contributed by atoms with Crippen molar-refractivity contribution < 1.29 is 9.53 Å². The van der Waals surface area contributed by atoms with Crippen molar-refractivity contribution in [2.75, 3.05) is 7.11 Å². The first kappa shape index (κ1) is 18.8. The van der Waals surface area contributed by atoms with Crippen molar-refractivity contribution in [3.05, 3.63) is 71.3 Å². The lowest BCUT2D eigenvalue weighted by Gasteiger charge is -2.14. The Labute approximate surface area is 151 Å². The van der Waals surface area contributed by atoms with Gasteiger partial charge in [-0.05, 0) is 48.4 Å². The summed E-state index contributed by atoms with van der Waals surface area (Å²) in [4.78, 5) is 11.3. The number of carbonyl (C=O) groups is 1. The SMILES string of the molecule is CCC(CCC(=O)OC)c1ccc(C#CCCc2ccccc2)cc1. The molecule has 2 rings (SSSR count). The molecule has 0 spiro atoms. The van der Waals surface area contributed by atoms with Gasteiger partial charge in [-0.2, -0.15) is 0 Å². The second kappa shape index (κ2) is 10.4. The first-order valence-corrected chi connectivity index (χ1v) is 8.92. The highest BCUT2D eigenvalue weighted by atomic mass is 16.5. The van der Waals surface area contributed by atoms with Gasteiger partial charge in [-0.3, -0.25) is 4.79 Å². The zero-order valence-corrected chi connectivity index (χ0v) is 15.1. The summed E-state index contributed by atoms with van der Waals surface area (Å²) >= 11 is 0. The molecule has 0 heterocycles. The Balaban J connectivity index is 1.88. The number of carbonyl (C=O) groups excluding carboxylic acids is 1. The van der Waals surface area contributed by atoms with E-state index in [1.54, 1.807) is 0 Å². The van der Waals surface area contributed by atoms with Crippen LogP contribution in [-0.4, -0.2) is 13.1 Å². The van der Waals surface area contributed by atoms with Crippen molar-refractivity contribution in [1.29, 1.82) is 0 Å². The fourth-order valence-electron chi connectivity index (χ4n) is 2.86. The van der Waals surface area contributed by atoms with Crippen LogP contribution in [0.3, 0.4) is 0 Å². The van der Waals surface area contributed by atoms with Crippen LogP contribution in [0.25, 0.3) is 0 Å². The first-order valence-electron chi connectivity index (χ1n) is 8.92. The number of hydrogen-bond acceptors (Lipinski definition) is 2. The molecule has 0 fully saturated rings. The molecular weight excluding hydrogens is 308 g/mol. The summed E-state index contributed by atoms with van der Waals surface area (Å²) in [5, 5.41) is 0. The standard InChI is InChI=1S/C23H26O2/c1-3-21(17-18-23(24)25-2)22-15-13-20(14-16-22)12-8-7-11-19-9-5-4-6-10-19/h4-6,9-10,13-16,21H,3,7,11,17-18H2,1-2H3. The van der Waals surface area contributed by atoms with Gasteiger partial charge in [0.15, 0.2) is 0 Å². The lowest BCUT2D eigenvalue weighted by atomic mass is 9.91. The molecule has 0 amide bonds. The van der Waals surface area contributed by atoms with Gasteiger partial charge in [-0.1, -0.05) is 61.2 Å². The molecule has 0 N–H and O–H groups in total. The summed E-state index contributed by atoms with van der Waals surface area (Å²) in [5.41, 5.74) is 3.63. The van der Waals surface area contributed by atoms with Crippen LogP contribution in [0.1, 0.15) is 55.2 Å². The van der Waals surface area contributed by atoms with Gasteiger partial charge in [0.25, 0.3) is 0 Å². The van der Waals surface area contributed by atoms with Crippen LogP contribution in [0.5, 0.6) is 0 Å². The third kappa shape index (κ3) is 6.47. The summed E-state index contributed by atoms with van der Waals surface area (Å²) in [7, 11) is 1.44. The maximum atomic E-state index is 11.3. The molecule has 2 nitrogen and oxygen atoms in total. The first-order chi connectivity index (χ1) is 12.2. The Morgan fingerprint density at radius 1 is 1.08 bits per heavy atom. The molecular formula is C23H26O2. The molecule has 0 bridgehead atoms. The molecule has 2 aromatic rings. The van der Waals surface area contributed by atoms with Crippen molar-refractivity contribution in [3.8, 4) is 11.8 Å². The minimum absolute atomic E-state index is 0.139. The highest BCUT2D eigenvalue weighted by Crippen LogP contribution is 2.25. The van der Waals surface area contributed by atoms with E-state index in [2.05, 4.69) is 67.3 Å². The lowest BCUT2D eigenvalue weighted by molar-refractivity contribution is -0.140. The number of esters is 1. The Hall–Kier alpha value is -2.53. The summed E-state index contributed by atoms with van der Waals surface area (Å²) in [6.07, 6.45) is 4.15. The van der Waals surface area contributed by atoms with Crippen LogP contribution in [-0.2, 0) is 16.0 Å². The Morgan fingerprint density at radius 3 is 2.44 bits per heavy atom. The normalized spacial score (nSPS) is 11.3. The van der Waals surface area contributed by atoms with Crippen LogP contribution in [0.4, 0.5) is 0 Å². The summed E-state index contributed by atoms with van der Waals surface area (Å²) in [5.74, 6) is 6.73. The summed E-state index contributed by atoms with van der Waals surface area (Å²) < 4.78 is 4.73. The van der Waals surface area contributed by atoms with Gasteiger partial charge in [0.05, 0.1) is 7.11 Å². The molecule has 0 radical (unpaired) electrons. The molecule has 0 aliphatic carbocycles. The number of aryl methyl sites for hydroxylation is 1. The minimum Gasteiger partial charge on any atom is -0.469 e. The molecule has 130 valence electrons. The van der Waals surface area contributed by atoms with E-state index in [4.69, 9.17) is 4.74 Å². The molecule has 0 aliphatic heterocycles. The Morgan fingerprint density at radius 2 is 1.80 bits per heavy atom. The minimum atomic E-state index is -0.139. The number of rotatable bonds is 7. The van der Waals surface area contributed by atoms with Crippen molar-refractivity contribution in [2.45, 2.75) is 44.9 Å². The highest BCUT2D eigenvalue weighted by molar-refractivity contribution is 5.69. The van der Waals surface area contributed by atoms with E-state index in [1.165, 1.54) is 18.2 Å². The van der Waals surface area contributed by atoms with E-state index in [9.17, 15) is 4.79 Å². The maximum Gasteiger partial charge on any atom is 0.305 e. The zero-order valence-electron chi connectivity index (χ0n) is 15.1.